The summed E-state index contributed by atoms with van der Waals surface area (Å²) < 4.78 is 0. The molecule has 1 aliphatic rings. The van der Waals surface area contributed by atoms with Crippen LogP contribution in [0.1, 0.15) is 57.8 Å². The van der Waals surface area contributed by atoms with Gasteiger partial charge in [0.25, 0.3) is 0 Å². The van der Waals surface area contributed by atoms with Crippen molar-refractivity contribution in [3.05, 3.63) is 19.1 Å². The fourth-order valence-corrected chi connectivity index (χ4v) is 4.38. The van der Waals surface area contributed by atoms with Crippen molar-refractivity contribution in [2.75, 3.05) is 12.8 Å². The number of carboxylic acid groups (broad SMARTS) is 1. The molecule has 0 aliphatic heterocycles. The molecule has 5 atom stereocenters. The topological polar surface area (TPSA) is 57.5 Å². The van der Waals surface area contributed by atoms with E-state index in [0.29, 0.717) is 24.2 Å². The summed E-state index contributed by atoms with van der Waals surface area (Å²) >= 11 is 0. The largest absolute Gasteiger partial charge is 0.481 e. The van der Waals surface area contributed by atoms with Crippen molar-refractivity contribution in [2.24, 2.45) is 17.8 Å². The van der Waals surface area contributed by atoms with Gasteiger partial charge >= 0.3 is 5.97 Å². The third-order valence-corrected chi connectivity index (χ3v) is 6.16. The molecule has 1 fully saturated rings. The van der Waals surface area contributed by atoms with Crippen molar-refractivity contribution < 1.29 is 15.0 Å². The average molecular weight is 354 g/mol. The zero-order valence-electron chi connectivity index (χ0n) is 15.2. The second-order valence-corrected chi connectivity index (χ2v) is 9.53. The second kappa shape index (κ2) is 11.8. The summed E-state index contributed by atoms with van der Waals surface area (Å²) in [5.74, 6) is 0.758. The lowest BCUT2D eigenvalue weighted by atomic mass is 9.85. The molecule has 24 heavy (non-hydrogen) atoms. The highest BCUT2D eigenvalue weighted by Crippen LogP contribution is 2.38. The van der Waals surface area contributed by atoms with Crippen molar-refractivity contribution in [1.82, 2.24) is 0 Å². The number of hydrogen-bond acceptors (Lipinski definition) is 2. The monoisotopic (exact) mass is 354 g/mol. The minimum atomic E-state index is -0.730. The fourth-order valence-electron chi connectivity index (χ4n) is 3.57. The highest BCUT2D eigenvalue weighted by atomic mass is 31.1. The number of aliphatic hydroxyl groups is 1. The molecular formula is C20H35O3P. The predicted molar refractivity (Wildman–Crippen MR) is 105 cm³/mol. The van der Waals surface area contributed by atoms with Crippen LogP contribution in [0.25, 0.3) is 0 Å². The van der Waals surface area contributed by atoms with E-state index in [1.54, 1.807) is 0 Å². The van der Waals surface area contributed by atoms with Crippen molar-refractivity contribution in [2.45, 2.75) is 63.9 Å². The van der Waals surface area contributed by atoms with Gasteiger partial charge in [-0.15, -0.1) is 0 Å². The number of aliphatic hydroxyl groups excluding tert-OH is 1. The first-order valence-electron chi connectivity index (χ1n) is 9.29. The standard InChI is InChI=1S/C20H35O3P/c1-16(14-15-24(2)3)10-11-17-12-13-19(21)18(17)8-6-4-5-7-9-20(22)23/h4,6,16-19,21H,1-2,5,7-15H2,3H3,(H,22,23)/b6-4-. The van der Waals surface area contributed by atoms with Gasteiger partial charge < -0.3 is 17.1 Å². The molecule has 3 nitrogen and oxygen atoms in total. The molecule has 0 spiro atoms. The molecule has 0 radical (unpaired) electrons. The first-order valence-corrected chi connectivity index (χ1v) is 11.5. The van der Waals surface area contributed by atoms with E-state index in [0.717, 1.165) is 32.1 Å². The Morgan fingerprint density at radius 2 is 2.12 bits per heavy atom. The maximum atomic E-state index is 10.5. The summed E-state index contributed by atoms with van der Waals surface area (Å²) in [6, 6.07) is 0. The number of allylic oxidation sites excluding steroid dienone is 2. The lowest BCUT2D eigenvalue weighted by Gasteiger charge is -2.24. The van der Waals surface area contributed by atoms with E-state index >= 15 is 0 Å². The van der Waals surface area contributed by atoms with Crippen LogP contribution in [0.5, 0.6) is 0 Å². The summed E-state index contributed by atoms with van der Waals surface area (Å²) in [6.45, 7) is 6.50. The lowest BCUT2D eigenvalue weighted by Crippen LogP contribution is -2.19. The van der Waals surface area contributed by atoms with Crippen molar-refractivity contribution in [3.63, 3.8) is 0 Å². The Kier molecular flexibility index (Phi) is 10.5. The predicted octanol–water partition coefficient (Wildman–Crippen LogP) is 4.74. The Hall–Kier alpha value is -0.660. The van der Waals surface area contributed by atoms with Crippen LogP contribution in [0.2, 0.25) is 0 Å². The van der Waals surface area contributed by atoms with Crippen LogP contribution in [0.3, 0.4) is 0 Å². The summed E-state index contributed by atoms with van der Waals surface area (Å²) in [5, 5.41) is 18.9. The van der Waals surface area contributed by atoms with Crippen LogP contribution < -0.4 is 0 Å². The van der Waals surface area contributed by atoms with Gasteiger partial charge in [-0.25, -0.2) is 0 Å². The molecular weight excluding hydrogens is 319 g/mol. The highest BCUT2D eigenvalue weighted by molar-refractivity contribution is 7.54. The summed E-state index contributed by atoms with van der Waals surface area (Å²) in [5.41, 5.74) is 0. The maximum Gasteiger partial charge on any atom is 0.303 e. The van der Waals surface area contributed by atoms with Gasteiger partial charge in [0.15, 0.2) is 0 Å². The molecule has 4 heteroatoms. The van der Waals surface area contributed by atoms with Gasteiger partial charge in [-0.05, 0) is 50.4 Å². The number of rotatable bonds is 12. The molecule has 1 saturated carbocycles. The minimum Gasteiger partial charge on any atom is -0.481 e. The van der Waals surface area contributed by atoms with E-state index in [9.17, 15) is 9.90 Å². The number of unbranched alkanes of at least 4 members (excludes halogenated alkanes) is 1. The molecule has 0 saturated heterocycles. The molecule has 0 heterocycles. The molecule has 1 rings (SSSR count). The number of carbonyl (C=O) groups is 1. The molecule has 0 aromatic carbocycles. The fraction of sp³-hybridized carbons (Fsp3) is 0.750. The third kappa shape index (κ3) is 8.99. The molecule has 0 aromatic rings. The quantitative estimate of drug-likeness (QED) is 0.230. The van der Waals surface area contributed by atoms with Gasteiger partial charge in [0.05, 0.1) is 26.6 Å². The number of carboxylic acids is 1. The summed E-state index contributed by atoms with van der Waals surface area (Å²) in [4.78, 5) is 10.5. The van der Waals surface area contributed by atoms with E-state index in [2.05, 4.69) is 32.0 Å². The summed E-state index contributed by atoms with van der Waals surface area (Å²) in [6.07, 6.45) is 17.5. The Morgan fingerprint density at radius 1 is 1.38 bits per heavy atom. The molecule has 5 unspecified atom stereocenters. The molecule has 138 valence electrons. The highest BCUT2D eigenvalue weighted by Gasteiger charge is 2.33. The van der Waals surface area contributed by atoms with E-state index in [4.69, 9.17) is 5.11 Å². The Labute approximate surface area is 148 Å². The molecule has 1 aliphatic carbocycles. The summed E-state index contributed by atoms with van der Waals surface area (Å²) in [7, 11) is -0.0634. The van der Waals surface area contributed by atoms with E-state index in [1.165, 1.54) is 19.0 Å². The van der Waals surface area contributed by atoms with Crippen LogP contribution in [0.15, 0.2) is 12.2 Å². The van der Waals surface area contributed by atoms with Crippen molar-refractivity contribution in [1.29, 1.82) is 0 Å². The Morgan fingerprint density at radius 3 is 2.79 bits per heavy atom. The number of aliphatic carboxylic acids is 1. The Balaban J connectivity index is 2.29. The van der Waals surface area contributed by atoms with Crippen molar-refractivity contribution >= 4 is 19.8 Å². The van der Waals surface area contributed by atoms with Gasteiger partial charge in [-0.2, -0.15) is 5.92 Å². The van der Waals surface area contributed by atoms with Gasteiger partial charge in [-0.3, -0.25) is 4.79 Å². The van der Waals surface area contributed by atoms with Crippen LogP contribution in [0.4, 0.5) is 0 Å². The van der Waals surface area contributed by atoms with Crippen LogP contribution in [-0.2, 0) is 4.79 Å². The molecule has 0 bridgehead atoms. The third-order valence-electron chi connectivity index (χ3n) is 5.13. The maximum absolute atomic E-state index is 10.5. The number of hydrogen-bond donors (Lipinski definition) is 2. The van der Waals surface area contributed by atoms with Crippen molar-refractivity contribution in [3.8, 4) is 0 Å². The van der Waals surface area contributed by atoms with Gasteiger partial charge in [0, 0.05) is 6.42 Å². The minimum absolute atomic E-state index is 0.0634. The van der Waals surface area contributed by atoms with Crippen LogP contribution >= 0.6 is 7.55 Å². The molecule has 0 amide bonds. The Bertz CT molecular complexity index is 419. The molecule has 2 N–H and O–H groups in total. The SMILES string of the molecule is C=[P+](C)CCC([CH2-])CCC1CCC(O)C1C/C=C\CCCC(=O)O. The van der Waals surface area contributed by atoms with Crippen LogP contribution in [0, 0.1) is 24.7 Å². The van der Waals surface area contributed by atoms with E-state index in [-0.39, 0.29) is 20.1 Å². The van der Waals surface area contributed by atoms with Gasteiger partial charge in [0.2, 0.25) is 0 Å². The van der Waals surface area contributed by atoms with Crippen LogP contribution in [-0.4, -0.2) is 41.4 Å². The zero-order chi connectivity index (χ0) is 17.9. The second-order valence-electron chi connectivity index (χ2n) is 7.37. The zero-order valence-corrected chi connectivity index (χ0v) is 16.1. The molecule has 0 aromatic heterocycles. The first kappa shape index (κ1) is 21.4. The normalized spacial score (nSPS) is 26.0. The lowest BCUT2D eigenvalue weighted by molar-refractivity contribution is -0.137. The smallest absolute Gasteiger partial charge is 0.303 e. The van der Waals surface area contributed by atoms with Gasteiger partial charge in [0.1, 0.15) is 6.16 Å². The van der Waals surface area contributed by atoms with E-state index in [1.807, 2.05) is 0 Å². The van der Waals surface area contributed by atoms with E-state index < -0.39 is 5.97 Å². The van der Waals surface area contributed by atoms with Gasteiger partial charge in [-0.1, -0.05) is 25.0 Å². The average Bonchev–Trinajstić information content (AvgIpc) is 2.86. The first-order chi connectivity index (χ1) is 11.4.